The van der Waals surface area contributed by atoms with Gasteiger partial charge < -0.3 is 10.1 Å². The molecule has 2 aromatic rings. The molecule has 0 unspecified atom stereocenters. The minimum absolute atomic E-state index is 0.588. The van der Waals surface area contributed by atoms with Gasteiger partial charge >= 0.3 is 0 Å². The average molecular weight is 260 g/mol. The first-order valence-corrected chi connectivity index (χ1v) is 6.44. The Bertz CT molecular complexity index is 568. The number of hydrogen-bond donors (Lipinski definition) is 1. The molecule has 0 saturated heterocycles. The van der Waals surface area contributed by atoms with E-state index in [2.05, 4.69) is 23.5 Å². The first kappa shape index (κ1) is 11.4. The highest BCUT2D eigenvalue weighted by atomic mass is 35.5. The molecule has 0 atom stereocenters. The van der Waals surface area contributed by atoms with E-state index in [9.17, 15) is 0 Å². The Hall–Kier alpha value is -1.67. The fraction of sp³-hybridized carbons (Fsp3) is 0.200. The van der Waals surface area contributed by atoms with E-state index in [0.29, 0.717) is 11.6 Å². The van der Waals surface area contributed by atoms with Gasteiger partial charge in [0.15, 0.2) is 0 Å². The largest absolute Gasteiger partial charge is 0.489 e. The highest BCUT2D eigenvalue weighted by molar-refractivity contribution is 6.30. The van der Waals surface area contributed by atoms with E-state index < -0.39 is 0 Å². The Labute approximate surface area is 112 Å². The number of rotatable bonds is 3. The van der Waals surface area contributed by atoms with Gasteiger partial charge in [-0.3, -0.25) is 0 Å². The van der Waals surface area contributed by atoms with Crippen molar-refractivity contribution >= 4 is 17.3 Å². The minimum atomic E-state index is 0.588. The van der Waals surface area contributed by atoms with Crippen LogP contribution in [0.5, 0.6) is 5.75 Å². The van der Waals surface area contributed by atoms with Crippen LogP contribution in [-0.2, 0) is 13.0 Å². The van der Waals surface area contributed by atoms with E-state index in [4.69, 9.17) is 16.3 Å². The zero-order valence-corrected chi connectivity index (χ0v) is 10.7. The fourth-order valence-electron chi connectivity index (χ4n) is 2.27. The van der Waals surface area contributed by atoms with Gasteiger partial charge in [0, 0.05) is 17.3 Å². The Kier molecular flexibility index (Phi) is 3.11. The summed E-state index contributed by atoms with van der Waals surface area (Å²) in [5.41, 5.74) is 3.86. The number of benzene rings is 2. The molecule has 0 fully saturated rings. The summed E-state index contributed by atoms with van der Waals surface area (Å²) in [5, 5.41) is 4.07. The third-order valence-corrected chi connectivity index (χ3v) is 3.39. The Balaban J connectivity index is 1.76. The van der Waals surface area contributed by atoms with Crippen molar-refractivity contribution in [1.29, 1.82) is 0 Å². The molecular weight excluding hydrogens is 246 g/mol. The summed E-state index contributed by atoms with van der Waals surface area (Å²) in [6, 6.07) is 13.8. The second kappa shape index (κ2) is 4.91. The van der Waals surface area contributed by atoms with Crippen molar-refractivity contribution in [3.8, 4) is 5.75 Å². The summed E-state index contributed by atoms with van der Waals surface area (Å²) in [5.74, 6) is 0.811. The van der Waals surface area contributed by atoms with Crippen LogP contribution in [0.3, 0.4) is 0 Å². The summed E-state index contributed by atoms with van der Waals surface area (Å²) in [6.45, 7) is 1.61. The summed E-state index contributed by atoms with van der Waals surface area (Å²) in [7, 11) is 0. The Morgan fingerprint density at radius 3 is 2.94 bits per heavy atom. The van der Waals surface area contributed by atoms with Crippen molar-refractivity contribution in [2.24, 2.45) is 0 Å². The maximum Gasteiger partial charge on any atom is 0.121 e. The lowest BCUT2D eigenvalue weighted by molar-refractivity contribution is 0.305. The Morgan fingerprint density at radius 1 is 1.17 bits per heavy atom. The van der Waals surface area contributed by atoms with Crippen LogP contribution in [0.25, 0.3) is 0 Å². The quantitative estimate of drug-likeness (QED) is 0.903. The van der Waals surface area contributed by atoms with Gasteiger partial charge in [0.1, 0.15) is 12.4 Å². The van der Waals surface area contributed by atoms with Crippen molar-refractivity contribution < 1.29 is 4.74 Å². The number of hydrogen-bond acceptors (Lipinski definition) is 2. The van der Waals surface area contributed by atoms with E-state index in [-0.39, 0.29) is 0 Å². The van der Waals surface area contributed by atoms with Gasteiger partial charge in [-0.15, -0.1) is 0 Å². The van der Waals surface area contributed by atoms with Crippen molar-refractivity contribution in [2.45, 2.75) is 13.0 Å². The first-order chi connectivity index (χ1) is 8.83. The SMILES string of the molecule is Clc1cccc(OCc2cccc3c2CCN3)c1. The average Bonchev–Trinajstić information content (AvgIpc) is 2.85. The molecule has 0 spiro atoms. The third-order valence-electron chi connectivity index (χ3n) is 3.15. The van der Waals surface area contributed by atoms with Gasteiger partial charge in [-0.2, -0.15) is 0 Å². The van der Waals surface area contributed by atoms with Crippen molar-refractivity contribution in [2.75, 3.05) is 11.9 Å². The smallest absolute Gasteiger partial charge is 0.121 e. The molecule has 0 bridgehead atoms. The monoisotopic (exact) mass is 259 g/mol. The van der Waals surface area contributed by atoms with E-state index in [1.54, 1.807) is 0 Å². The summed E-state index contributed by atoms with van der Waals surface area (Å²) in [4.78, 5) is 0. The van der Waals surface area contributed by atoms with Gasteiger partial charge in [-0.25, -0.2) is 0 Å². The third kappa shape index (κ3) is 2.29. The van der Waals surface area contributed by atoms with E-state index in [1.165, 1.54) is 16.8 Å². The van der Waals surface area contributed by atoms with Crippen LogP contribution in [0.1, 0.15) is 11.1 Å². The number of anilines is 1. The molecule has 1 aliphatic heterocycles. The first-order valence-electron chi connectivity index (χ1n) is 6.06. The zero-order valence-electron chi connectivity index (χ0n) is 9.95. The molecule has 2 nitrogen and oxygen atoms in total. The normalized spacial score (nSPS) is 12.9. The highest BCUT2D eigenvalue weighted by Crippen LogP contribution is 2.26. The van der Waals surface area contributed by atoms with Crippen molar-refractivity contribution in [3.63, 3.8) is 0 Å². The van der Waals surface area contributed by atoms with Gasteiger partial charge in [-0.05, 0) is 41.8 Å². The van der Waals surface area contributed by atoms with Crippen LogP contribution in [-0.4, -0.2) is 6.54 Å². The molecular formula is C15H14ClNO. The van der Waals surface area contributed by atoms with Crippen LogP contribution >= 0.6 is 11.6 Å². The fourth-order valence-corrected chi connectivity index (χ4v) is 2.45. The lowest BCUT2D eigenvalue weighted by atomic mass is 10.1. The van der Waals surface area contributed by atoms with Crippen LogP contribution in [0.2, 0.25) is 5.02 Å². The van der Waals surface area contributed by atoms with E-state index in [0.717, 1.165) is 18.7 Å². The molecule has 1 aliphatic rings. The number of fused-ring (bicyclic) bond motifs is 1. The minimum Gasteiger partial charge on any atom is -0.489 e. The molecule has 0 aliphatic carbocycles. The molecule has 0 amide bonds. The van der Waals surface area contributed by atoms with Gasteiger partial charge in [0.25, 0.3) is 0 Å². The summed E-state index contributed by atoms with van der Waals surface area (Å²) < 4.78 is 5.79. The maximum atomic E-state index is 5.93. The molecule has 3 heteroatoms. The number of nitrogens with one attached hydrogen (secondary N) is 1. The predicted molar refractivity (Wildman–Crippen MR) is 74.4 cm³/mol. The molecule has 0 saturated carbocycles. The van der Waals surface area contributed by atoms with Gasteiger partial charge in [0.2, 0.25) is 0 Å². The lowest BCUT2D eigenvalue weighted by Gasteiger charge is -2.10. The summed E-state index contributed by atoms with van der Waals surface area (Å²) in [6.07, 6.45) is 1.07. The van der Waals surface area contributed by atoms with Crippen LogP contribution < -0.4 is 10.1 Å². The Morgan fingerprint density at radius 2 is 2.06 bits per heavy atom. The summed E-state index contributed by atoms with van der Waals surface area (Å²) >= 11 is 5.93. The number of ether oxygens (including phenoxy) is 1. The van der Waals surface area contributed by atoms with E-state index >= 15 is 0 Å². The molecule has 1 heterocycles. The van der Waals surface area contributed by atoms with Gasteiger partial charge in [0.05, 0.1) is 0 Å². The van der Waals surface area contributed by atoms with Crippen LogP contribution in [0, 0.1) is 0 Å². The molecule has 0 aromatic heterocycles. The molecule has 18 heavy (non-hydrogen) atoms. The highest BCUT2D eigenvalue weighted by Gasteiger charge is 2.13. The van der Waals surface area contributed by atoms with E-state index in [1.807, 2.05) is 24.3 Å². The van der Waals surface area contributed by atoms with Crippen molar-refractivity contribution in [1.82, 2.24) is 0 Å². The maximum absolute atomic E-state index is 5.93. The van der Waals surface area contributed by atoms with Crippen molar-refractivity contribution in [3.05, 3.63) is 58.6 Å². The topological polar surface area (TPSA) is 21.3 Å². The lowest BCUT2D eigenvalue weighted by Crippen LogP contribution is -1.99. The molecule has 2 aromatic carbocycles. The molecule has 92 valence electrons. The second-order valence-electron chi connectivity index (χ2n) is 4.37. The second-order valence-corrected chi connectivity index (χ2v) is 4.80. The molecule has 1 N–H and O–H groups in total. The standard InChI is InChI=1S/C15H14ClNO/c16-12-4-2-5-13(9-12)18-10-11-3-1-6-15-14(11)7-8-17-15/h1-6,9,17H,7-8,10H2. The van der Waals surface area contributed by atoms with Crippen LogP contribution in [0.4, 0.5) is 5.69 Å². The van der Waals surface area contributed by atoms with Crippen LogP contribution in [0.15, 0.2) is 42.5 Å². The molecule has 0 radical (unpaired) electrons. The zero-order chi connectivity index (χ0) is 12.4. The number of halogens is 1. The van der Waals surface area contributed by atoms with Gasteiger partial charge in [-0.1, -0.05) is 29.8 Å². The predicted octanol–water partition coefficient (Wildman–Crippen LogP) is 3.89. The molecule has 3 rings (SSSR count).